The third-order valence-electron chi connectivity index (χ3n) is 7.77. The van der Waals surface area contributed by atoms with E-state index in [9.17, 15) is 0 Å². The van der Waals surface area contributed by atoms with E-state index in [-0.39, 0.29) is 5.82 Å². The summed E-state index contributed by atoms with van der Waals surface area (Å²) in [7, 11) is 0. The number of nitrogens with one attached hydrogen (secondary N) is 1. The van der Waals surface area contributed by atoms with Crippen molar-refractivity contribution in [1.29, 1.82) is 0 Å². The van der Waals surface area contributed by atoms with E-state index in [0.717, 1.165) is 89.3 Å². The lowest BCUT2D eigenvalue weighted by atomic mass is 9.73. The maximum atomic E-state index is 15.3. The molecule has 0 bridgehead atoms. The first-order valence-electron chi connectivity index (χ1n) is 12.7. The number of likely N-dealkylation sites (tertiary alicyclic amines) is 1. The summed E-state index contributed by atoms with van der Waals surface area (Å²) >= 11 is 1.63. The predicted octanol–water partition coefficient (Wildman–Crippen LogP) is 7.01. The van der Waals surface area contributed by atoms with Crippen LogP contribution < -0.4 is 5.32 Å². The van der Waals surface area contributed by atoms with Gasteiger partial charge >= 0.3 is 0 Å². The SMILES string of the molecule is Fc1cc(CN2CC3(CCOCC3)C2)ccc1-c1ccc2c(Nc3ccc4scnc4c3)ccnc2c1. The number of hydrogen-bond donors (Lipinski definition) is 1. The Morgan fingerprint density at radius 1 is 0.946 bits per heavy atom. The molecule has 1 N–H and O–H groups in total. The molecule has 186 valence electrons. The molecule has 5 aromatic rings. The van der Waals surface area contributed by atoms with Crippen molar-refractivity contribution in [3.8, 4) is 11.1 Å². The minimum absolute atomic E-state index is 0.191. The Morgan fingerprint density at radius 3 is 2.70 bits per heavy atom. The van der Waals surface area contributed by atoms with E-state index in [1.54, 1.807) is 23.6 Å². The normalized spacial score (nSPS) is 17.3. The molecule has 2 saturated heterocycles. The van der Waals surface area contributed by atoms with Gasteiger partial charge in [0.25, 0.3) is 0 Å². The van der Waals surface area contributed by atoms with Gasteiger partial charge in [0.2, 0.25) is 0 Å². The number of hydrogen-bond acceptors (Lipinski definition) is 6. The number of benzene rings is 3. The summed E-state index contributed by atoms with van der Waals surface area (Å²) in [5, 5.41) is 4.48. The summed E-state index contributed by atoms with van der Waals surface area (Å²) in [6, 6.07) is 19.7. The zero-order valence-corrected chi connectivity index (χ0v) is 21.2. The van der Waals surface area contributed by atoms with Crippen LogP contribution in [-0.2, 0) is 11.3 Å². The fraction of sp³-hybridized carbons (Fsp3) is 0.267. The topological polar surface area (TPSA) is 50.3 Å². The average Bonchev–Trinajstić information content (AvgIpc) is 3.36. The van der Waals surface area contributed by atoms with E-state index < -0.39 is 0 Å². The lowest BCUT2D eigenvalue weighted by molar-refractivity contribution is -0.0839. The van der Waals surface area contributed by atoms with Crippen LogP contribution in [0.4, 0.5) is 15.8 Å². The van der Waals surface area contributed by atoms with Crippen molar-refractivity contribution in [3.63, 3.8) is 0 Å². The molecule has 4 heterocycles. The van der Waals surface area contributed by atoms with Gasteiger partial charge in [-0.25, -0.2) is 9.37 Å². The summed E-state index contributed by atoms with van der Waals surface area (Å²) < 4.78 is 21.9. The highest BCUT2D eigenvalue weighted by Crippen LogP contribution is 2.40. The molecule has 2 fully saturated rings. The molecular weight excluding hydrogens is 483 g/mol. The summed E-state index contributed by atoms with van der Waals surface area (Å²) in [4.78, 5) is 11.4. The number of fused-ring (bicyclic) bond motifs is 2. The van der Waals surface area contributed by atoms with Crippen LogP contribution in [0.2, 0.25) is 0 Å². The second-order valence-electron chi connectivity index (χ2n) is 10.3. The molecule has 3 aromatic carbocycles. The highest BCUT2D eigenvalue weighted by Gasteiger charge is 2.43. The van der Waals surface area contributed by atoms with Gasteiger partial charge in [-0.15, -0.1) is 11.3 Å². The van der Waals surface area contributed by atoms with Crippen molar-refractivity contribution in [2.75, 3.05) is 31.6 Å². The third kappa shape index (κ3) is 4.37. The Hall–Kier alpha value is -3.39. The number of ether oxygens (including phenoxy) is 1. The van der Waals surface area contributed by atoms with Crippen LogP contribution in [0.5, 0.6) is 0 Å². The number of pyridine rings is 1. The highest BCUT2D eigenvalue weighted by atomic mass is 32.1. The molecule has 0 amide bonds. The molecule has 0 saturated carbocycles. The molecule has 7 rings (SSSR count). The van der Waals surface area contributed by atoms with Crippen molar-refractivity contribution < 1.29 is 9.13 Å². The smallest absolute Gasteiger partial charge is 0.131 e. The second kappa shape index (κ2) is 9.17. The van der Waals surface area contributed by atoms with E-state index in [4.69, 9.17) is 4.74 Å². The first kappa shape index (κ1) is 22.8. The van der Waals surface area contributed by atoms with E-state index in [1.807, 2.05) is 41.9 Å². The lowest BCUT2D eigenvalue weighted by Crippen LogP contribution is -2.57. The maximum absolute atomic E-state index is 15.3. The molecule has 1 spiro atoms. The number of nitrogens with zero attached hydrogens (tertiary/aromatic N) is 3. The first-order valence-corrected chi connectivity index (χ1v) is 13.6. The molecule has 5 nitrogen and oxygen atoms in total. The van der Waals surface area contributed by atoms with Crippen molar-refractivity contribution >= 4 is 43.8 Å². The van der Waals surface area contributed by atoms with Gasteiger partial charge in [-0.3, -0.25) is 9.88 Å². The number of thiazole rings is 1. The molecule has 7 heteroatoms. The zero-order valence-electron chi connectivity index (χ0n) is 20.4. The molecule has 0 atom stereocenters. The van der Waals surface area contributed by atoms with Gasteiger partial charge in [-0.1, -0.05) is 24.3 Å². The number of halogens is 1. The average molecular weight is 511 g/mol. The number of aromatic nitrogens is 2. The Kier molecular flexibility index (Phi) is 5.65. The van der Waals surface area contributed by atoms with Crippen LogP contribution in [0.1, 0.15) is 18.4 Å². The number of anilines is 2. The summed E-state index contributed by atoms with van der Waals surface area (Å²) in [5.41, 5.74) is 8.47. The van der Waals surface area contributed by atoms with Crippen molar-refractivity contribution in [1.82, 2.24) is 14.9 Å². The molecule has 0 unspecified atom stereocenters. The monoisotopic (exact) mass is 510 g/mol. The van der Waals surface area contributed by atoms with Crippen molar-refractivity contribution in [3.05, 3.63) is 83.8 Å². The van der Waals surface area contributed by atoms with Crippen LogP contribution in [0, 0.1) is 11.2 Å². The highest BCUT2D eigenvalue weighted by molar-refractivity contribution is 7.16. The van der Waals surface area contributed by atoms with Crippen LogP contribution in [0.25, 0.3) is 32.2 Å². The Labute approximate surface area is 218 Å². The quantitative estimate of drug-likeness (QED) is 0.276. The van der Waals surface area contributed by atoms with E-state index in [0.29, 0.717) is 11.0 Å². The zero-order chi connectivity index (χ0) is 24.8. The third-order valence-corrected chi connectivity index (χ3v) is 8.58. The van der Waals surface area contributed by atoms with Gasteiger partial charge in [-0.2, -0.15) is 0 Å². The Bertz CT molecular complexity index is 1600. The maximum Gasteiger partial charge on any atom is 0.131 e. The minimum atomic E-state index is -0.191. The molecule has 2 aliphatic rings. The predicted molar refractivity (Wildman–Crippen MR) is 148 cm³/mol. The van der Waals surface area contributed by atoms with Gasteiger partial charge in [0.15, 0.2) is 0 Å². The largest absolute Gasteiger partial charge is 0.381 e. The Balaban J connectivity index is 1.10. The standard InChI is InChI=1S/C30H27FN4OS/c31-25-13-20(16-35-17-30(18-35)8-11-36-12-9-30)1-4-23(25)21-2-5-24-26(7-10-32-27(24)14-21)34-22-3-6-29-28(15-22)33-19-37-29/h1-7,10,13-15,19H,8-9,11-12,16-18H2,(H,32,34). The van der Waals surface area contributed by atoms with Crippen LogP contribution in [0.15, 0.2) is 72.4 Å². The lowest BCUT2D eigenvalue weighted by Gasteiger charge is -2.52. The van der Waals surface area contributed by atoms with Crippen LogP contribution >= 0.6 is 11.3 Å². The van der Waals surface area contributed by atoms with E-state index in [1.165, 1.54) is 0 Å². The summed E-state index contributed by atoms with van der Waals surface area (Å²) in [5.74, 6) is -0.191. The fourth-order valence-electron chi connectivity index (χ4n) is 5.80. The second-order valence-corrected chi connectivity index (χ2v) is 11.2. The molecular formula is C30H27FN4OS. The Morgan fingerprint density at radius 2 is 1.84 bits per heavy atom. The molecule has 0 aliphatic carbocycles. The molecule has 0 radical (unpaired) electrons. The van der Waals surface area contributed by atoms with Gasteiger partial charge in [-0.05, 0) is 60.4 Å². The van der Waals surface area contributed by atoms with Crippen molar-refractivity contribution in [2.24, 2.45) is 5.41 Å². The molecule has 37 heavy (non-hydrogen) atoms. The van der Waals surface area contributed by atoms with Gasteiger partial charge in [0, 0.05) is 66.8 Å². The first-order chi connectivity index (χ1) is 18.1. The summed E-state index contributed by atoms with van der Waals surface area (Å²) in [6.07, 6.45) is 4.07. The van der Waals surface area contributed by atoms with E-state index >= 15 is 4.39 Å². The van der Waals surface area contributed by atoms with Gasteiger partial charge in [0.05, 0.1) is 21.2 Å². The van der Waals surface area contributed by atoms with Gasteiger partial charge in [0.1, 0.15) is 5.82 Å². The molecule has 2 aliphatic heterocycles. The summed E-state index contributed by atoms with van der Waals surface area (Å²) in [6.45, 7) is 4.71. The molecule has 2 aromatic heterocycles. The fourth-order valence-corrected chi connectivity index (χ4v) is 6.46. The van der Waals surface area contributed by atoms with E-state index in [2.05, 4.69) is 38.4 Å². The van der Waals surface area contributed by atoms with Gasteiger partial charge < -0.3 is 10.1 Å². The van der Waals surface area contributed by atoms with Crippen molar-refractivity contribution in [2.45, 2.75) is 19.4 Å². The van der Waals surface area contributed by atoms with Crippen LogP contribution in [0.3, 0.4) is 0 Å². The number of rotatable bonds is 5. The van der Waals surface area contributed by atoms with Crippen LogP contribution in [-0.4, -0.2) is 41.2 Å². The minimum Gasteiger partial charge on any atom is -0.381 e.